The molecular formula is C11H18N2O3S. The summed E-state index contributed by atoms with van der Waals surface area (Å²) in [7, 11) is -3.02. The highest BCUT2D eigenvalue weighted by Gasteiger charge is 2.25. The summed E-state index contributed by atoms with van der Waals surface area (Å²) in [5.41, 5.74) is 0. The van der Waals surface area contributed by atoms with Crippen molar-refractivity contribution in [2.45, 2.75) is 13.5 Å². The van der Waals surface area contributed by atoms with Crippen LogP contribution in [0.1, 0.15) is 12.7 Å². The van der Waals surface area contributed by atoms with Crippen LogP contribution in [0, 0.1) is 0 Å². The smallest absolute Gasteiger partial charge is 0.213 e. The van der Waals surface area contributed by atoms with Gasteiger partial charge in [0.1, 0.15) is 5.76 Å². The summed E-state index contributed by atoms with van der Waals surface area (Å²) in [4.78, 5) is 2.21. The number of sulfonamides is 1. The topological polar surface area (TPSA) is 53.8 Å². The molecular weight excluding hydrogens is 240 g/mol. The molecule has 2 rings (SSSR count). The first-order valence-corrected chi connectivity index (χ1v) is 7.45. The van der Waals surface area contributed by atoms with Crippen molar-refractivity contribution in [3.63, 3.8) is 0 Å². The molecule has 1 aliphatic heterocycles. The molecule has 5 nitrogen and oxygen atoms in total. The van der Waals surface area contributed by atoms with Crippen molar-refractivity contribution in [2.75, 3.05) is 31.9 Å². The van der Waals surface area contributed by atoms with Crippen LogP contribution in [0.3, 0.4) is 0 Å². The van der Waals surface area contributed by atoms with E-state index in [1.807, 2.05) is 12.1 Å². The second-order valence-electron chi connectivity index (χ2n) is 4.16. The third-order valence-electron chi connectivity index (χ3n) is 3.05. The van der Waals surface area contributed by atoms with Gasteiger partial charge in [0, 0.05) is 26.2 Å². The van der Waals surface area contributed by atoms with E-state index in [4.69, 9.17) is 4.42 Å². The van der Waals surface area contributed by atoms with Crippen molar-refractivity contribution in [3.8, 4) is 0 Å². The van der Waals surface area contributed by atoms with Crippen LogP contribution in [-0.4, -0.2) is 49.6 Å². The van der Waals surface area contributed by atoms with Crippen molar-refractivity contribution in [3.05, 3.63) is 24.2 Å². The molecule has 0 atom stereocenters. The quantitative estimate of drug-likeness (QED) is 0.799. The zero-order valence-corrected chi connectivity index (χ0v) is 10.8. The number of hydrogen-bond donors (Lipinski definition) is 0. The highest BCUT2D eigenvalue weighted by molar-refractivity contribution is 7.89. The van der Waals surface area contributed by atoms with E-state index >= 15 is 0 Å². The van der Waals surface area contributed by atoms with E-state index in [0.29, 0.717) is 13.1 Å². The monoisotopic (exact) mass is 258 g/mol. The van der Waals surface area contributed by atoms with Crippen molar-refractivity contribution < 1.29 is 12.8 Å². The highest BCUT2D eigenvalue weighted by atomic mass is 32.2. The molecule has 0 unspecified atom stereocenters. The first kappa shape index (κ1) is 12.6. The highest BCUT2D eigenvalue weighted by Crippen LogP contribution is 2.11. The molecule has 1 aromatic rings. The fourth-order valence-corrected chi connectivity index (χ4v) is 3.06. The van der Waals surface area contributed by atoms with Gasteiger partial charge in [0.15, 0.2) is 0 Å². The summed E-state index contributed by atoms with van der Waals surface area (Å²) >= 11 is 0. The van der Waals surface area contributed by atoms with Gasteiger partial charge in [-0.15, -0.1) is 0 Å². The van der Waals surface area contributed by atoms with Gasteiger partial charge in [-0.25, -0.2) is 8.42 Å². The minimum absolute atomic E-state index is 0.186. The van der Waals surface area contributed by atoms with E-state index in [1.165, 1.54) is 0 Å². The second kappa shape index (κ2) is 5.20. The molecule has 0 amide bonds. The van der Waals surface area contributed by atoms with E-state index < -0.39 is 10.0 Å². The summed E-state index contributed by atoms with van der Waals surface area (Å²) in [5.74, 6) is 1.11. The van der Waals surface area contributed by atoms with E-state index in [0.717, 1.165) is 25.4 Å². The number of rotatable bonds is 4. The lowest BCUT2D eigenvalue weighted by molar-refractivity contribution is 0.171. The summed E-state index contributed by atoms with van der Waals surface area (Å²) in [5, 5.41) is 0. The lowest BCUT2D eigenvalue weighted by atomic mass is 10.3. The molecule has 0 aromatic carbocycles. The number of piperazine rings is 1. The zero-order valence-electron chi connectivity index (χ0n) is 10.0. The molecule has 0 spiro atoms. The SMILES string of the molecule is CCS(=O)(=O)N1CCN(Cc2ccco2)CC1. The predicted molar refractivity (Wildman–Crippen MR) is 65.0 cm³/mol. The second-order valence-corrected chi connectivity index (χ2v) is 6.41. The van der Waals surface area contributed by atoms with Crippen LogP contribution in [0.2, 0.25) is 0 Å². The number of hydrogen-bond acceptors (Lipinski definition) is 4. The van der Waals surface area contributed by atoms with Crippen LogP contribution in [0.4, 0.5) is 0 Å². The van der Waals surface area contributed by atoms with Gasteiger partial charge in [-0.2, -0.15) is 4.31 Å². The Morgan fingerprint density at radius 3 is 2.53 bits per heavy atom. The van der Waals surface area contributed by atoms with Crippen LogP contribution in [0.15, 0.2) is 22.8 Å². The maximum atomic E-state index is 11.7. The van der Waals surface area contributed by atoms with E-state index in [9.17, 15) is 8.42 Å². The lowest BCUT2D eigenvalue weighted by Crippen LogP contribution is -2.48. The van der Waals surface area contributed by atoms with E-state index in [2.05, 4.69) is 4.90 Å². The molecule has 1 aromatic heterocycles. The molecule has 0 radical (unpaired) electrons. The summed E-state index contributed by atoms with van der Waals surface area (Å²) in [6.07, 6.45) is 1.66. The Bertz CT molecular complexity index is 433. The molecule has 0 aliphatic carbocycles. The van der Waals surface area contributed by atoms with Gasteiger partial charge in [0.05, 0.1) is 18.6 Å². The normalized spacial score (nSPS) is 19.6. The third-order valence-corrected chi connectivity index (χ3v) is 4.93. The molecule has 1 saturated heterocycles. The van der Waals surface area contributed by atoms with Gasteiger partial charge < -0.3 is 4.42 Å². The first-order chi connectivity index (χ1) is 8.12. The van der Waals surface area contributed by atoms with Crippen LogP contribution >= 0.6 is 0 Å². The number of furan rings is 1. The Kier molecular flexibility index (Phi) is 3.86. The van der Waals surface area contributed by atoms with E-state index in [-0.39, 0.29) is 5.75 Å². The Morgan fingerprint density at radius 1 is 1.29 bits per heavy atom. The van der Waals surface area contributed by atoms with Crippen molar-refractivity contribution in [1.29, 1.82) is 0 Å². The largest absolute Gasteiger partial charge is 0.468 e. The van der Waals surface area contributed by atoms with Crippen molar-refractivity contribution in [1.82, 2.24) is 9.21 Å². The molecule has 2 heterocycles. The zero-order chi connectivity index (χ0) is 12.3. The molecule has 0 bridgehead atoms. The maximum Gasteiger partial charge on any atom is 0.213 e. The minimum Gasteiger partial charge on any atom is -0.468 e. The van der Waals surface area contributed by atoms with Crippen LogP contribution in [-0.2, 0) is 16.6 Å². The summed E-state index contributed by atoms with van der Waals surface area (Å²) in [6.45, 7) is 5.13. The Hall–Kier alpha value is -0.850. The van der Waals surface area contributed by atoms with Crippen molar-refractivity contribution in [2.24, 2.45) is 0 Å². The first-order valence-electron chi connectivity index (χ1n) is 5.84. The Morgan fingerprint density at radius 2 is 2.00 bits per heavy atom. The van der Waals surface area contributed by atoms with Crippen LogP contribution < -0.4 is 0 Å². The standard InChI is InChI=1S/C11H18N2O3S/c1-2-17(14,15)13-7-5-12(6-8-13)10-11-4-3-9-16-11/h3-4,9H,2,5-8,10H2,1H3. The van der Waals surface area contributed by atoms with Gasteiger partial charge in [0.25, 0.3) is 0 Å². The molecule has 0 saturated carbocycles. The average Bonchev–Trinajstić information content (AvgIpc) is 2.83. The third kappa shape index (κ3) is 3.08. The summed E-state index contributed by atoms with van der Waals surface area (Å²) in [6, 6.07) is 3.81. The molecule has 6 heteroatoms. The molecule has 0 N–H and O–H groups in total. The maximum absolute atomic E-state index is 11.7. The van der Waals surface area contributed by atoms with Gasteiger partial charge in [-0.3, -0.25) is 4.90 Å². The van der Waals surface area contributed by atoms with Crippen LogP contribution in [0.25, 0.3) is 0 Å². The minimum atomic E-state index is -3.02. The predicted octanol–water partition coefficient (Wildman–Crippen LogP) is 0.747. The molecule has 1 fully saturated rings. The lowest BCUT2D eigenvalue weighted by Gasteiger charge is -2.33. The van der Waals surface area contributed by atoms with Gasteiger partial charge in [-0.1, -0.05) is 0 Å². The van der Waals surface area contributed by atoms with Gasteiger partial charge in [0.2, 0.25) is 10.0 Å². The van der Waals surface area contributed by atoms with Gasteiger partial charge in [-0.05, 0) is 19.1 Å². The molecule has 96 valence electrons. The van der Waals surface area contributed by atoms with Gasteiger partial charge >= 0.3 is 0 Å². The summed E-state index contributed by atoms with van der Waals surface area (Å²) < 4.78 is 30.2. The van der Waals surface area contributed by atoms with E-state index in [1.54, 1.807) is 17.5 Å². The Balaban J connectivity index is 1.86. The Labute approximate surface area is 102 Å². The fraction of sp³-hybridized carbons (Fsp3) is 0.636. The van der Waals surface area contributed by atoms with Crippen molar-refractivity contribution >= 4 is 10.0 Å². The average molecular weight is 258 g/mol. The molecule has 17 heavy (non-hydrogen) atoms. The fourth-order valence-electron chi connectivity index (χ4n) is 1.97. The molecule has 1 aliphatic rings. The van der Waals surface area contributed by atoms with Crippen LogP contribution in [0.5, 0.6) is 0 Å². The number of nitrogens with zero attached hydrogens (tertiary/aromatic N) is 2.